The first-order chi connectivity index (χ1) is 13.6. The number of methoxy groups -OCH3 is 1. The summed E-state index contributed by atoms with van der Waals surface area (Å²) in [5.41, 5.74) is 1.84. The number of halogens is 1. The lowest BCUT2D eigenvalue weighted by molar-refractivity contribution is 0.386. The molecule has 3 aromatic rings. The molecule has 7 heteroatoms. The molecule has 0 spiro atoms. The van der Waals surface area contributed by atoms with E-state index in [2.05, 4.69) is 15.2 Å². The van der Waals surface area contributed by atoms with E-state index in [0.29, 0.717) is 23.1 Å². The molecule has 0 saturated carbocycles. The van der Waals surface area contributed by atoms with E-state index in [-0.39, 0.29) is 11.3 Å². The van der Waals surface area contributed by atoms with Crippen molar-refractivity contribution in [3.63, 3.8) is 0 Å². The van der Waals surface area contributed by atoms with Crippen LogP contribution in [0.1, 0.15) is 12.8 Å². The second-order valence-corrected chi connectivity index (χ2v) is 7.00. The second kappa shape index (κ2) is 7.59. The number of rotatable bonds is 4. The summed E-state index contributed by atoms with van der Waals surface area (Å²) in [6.07, 6.45) is 3.75. The molecule has 0 atom stereocenters. The molecule has 1 aliphatic heterocycles. The fraction of sp³-hybridized carbons (Fsp3) is 0.333. The van der Waals surface area contributed by atoms with Crippen molar-refractivity contribution >= 4 is 11.5 Å². The van der Waals surface area contributed by atoms with E-state index >= 15 is 0 Å². The lowest BCUT2D eigenvalue weighted by Gasteiger charge is -2.32. The average Bonchev–Trinajstić information content (AvgIpc) is 2.73. The van der Waals surface area contributed by atoms with Crippen molar-refractivity contribution < 1.29 is 9.13 Å². The highest BCUT2D eigenvalue weighted by atomic mass is 19.1. The van der Waals surface area contributed by atoms with Crippen LogP contribution < -0.4 is 20.5 Å². The highest BCUT2D eigenvalue weighted by Crippen LogP contribution is 2.26. The summed E-state index contributed by atoms with van der Waals surface area (Å²) in [6, 6.07) is 10.5. The molecule has 28 heavy (non-hydrogen) atoms. The van der Waals surface area contributed by atoms with Crippen LogP contribution in [0.4, 0.5) is 10.2 Å². The van der Waals surface area contributed by atoms with Crippen LogP contribution in [0.3, 0.4) is 0 Å². The summed E-state index contributed by atoms with van der Waals surface area (Å²) in [4.78, 5) is 19.5. The van der Waals surface area contributed by atoms with Gasteiger partial charge in [0.05, 0.1) is 7.11 Å². The highest BCUT2D eigenvalue weighted by Gasteiger charge is 2.19. The standard InChI is InChI=1S/C21H23FN4O2/c1-23-16-7-9-25(10-8-16)20-12-21(27)26-13-15(4-6-19(26)24-20)14-3-5-18(28-2)17(22)11-14/h3-6,11-13,16,23H,7-10H2,1-2H3. The number of hydrogen-bond donors (Lipinski definition) is 1. The highest BCUT2D eigenvalue weighted by molar-refractivity contribution is 5.66. The van der Waals surface area contributed by atoms with Gasteiger partial charge < -0.3 is 15.0 Å². The van der Waals surface area contributed by atoms with Crippen LogP contribution in [-0.2, 0) is 0 Å². The number of nitrogens with zero attached hydrogens (tertiary/aromatic N) is 3. The number of hydrogen-bond acceptors (Lipinski definition) is 5. The minimum atomic E-state index is -0.439. The molecule has 0 unspecified atom stereocenters. The van der Waals surface area contributed by atoms with Crippen LogP contribution in [0.2, 0.25) is 0 Å². The lowest BCUT2D eigenvalue weighted by Crippen LogP contribution is -2.42. The summed E-state index contributed by atoms with van der Waals surface area (Å²) >= 11 is 0. The van der Waals surface area contributed by atoms with E-state index in [1.54, 1.807) is 30.5 Å². The quantitative estimate of drug-likeness (QED) is 0.752. The van der Waals surface area contributed by atoms with E-state index in [4.69, 9.17) is 4.74 Å². The molecule has 3 heterocycles. The molecule has 0 amide bonds. The van der Waals surface area contributed by atoms with E-state index in [9.17, 15) is 9.18 Å². The number of benzene rings is 1. The third-order valence-corrected chi connectivity index (χ3v) is 5.36. The minimum Gasteiger partial charge on any atom is -0.494 e. The second-order valence-electron chi connectivity index (χ2n) is 7.00. The Balaban J connectivity index is 1.67. The zero-order valence-corrected chi connectivity index (χ0v) is 16.0. The first kappa shape index (κ1) is 18.4. The van der Waals surface area contributed by atoms with Gasteiger partial charge in [-0.25, -0.2) is 9.37 Å². The largest absolute Gasteiger partial charge is 0.494 e. The fourth-order valence-electron chi connectivity index (χ4n) is 3.67. The smallest absolute Gasteiger partial charge is 0.259 e. The summed E-state index contributed by atoms with van der Waals surface area (Å²) in [7, 11) is 3.41. The third kappa shape index (κ3) is 3.45. The van der Waals surface area contributed by atoms with Crippen molar-refractivity contribution in [3.05, 3.63) is 58.8 Å². The number of ether oxygens (including phenoxy) is 1. The van der Waals surface area contributed by atoms with Gasteiger partial charge in [0.1, 0.15) is 11.5 Å². The summed E-state index contributed by atoms with van der Waals surface area (Å²) < 4.78 is 20.5. The lowest BCUT2D eigenvalue weighted by atomic mass is 10.1. The van der Waals surface area contributed by atoms with Crippen molar-refractivity contribution in [3.8, 4) is 16.9 Å². The zero-order chi connectivity index (χ0) is 19.7. The van der Waals surface area contributed by atoms with Crippen molar-refractivity contribution in [2.75, 3.05) is 32.1 Å². The molecular formula is C21H23FN4O2. The van der Waals surface area contributed by atoms with Gasteiger partial charge in [-0.2, -0.15) is 0 Å². The minimum absolute atomic E-state index is 0.147. The molecule has 1 fully saturated rings. The summed E-state index contributed by atoms with van der Waals surface area (Å²) in [6.45, 7) is 1.74. The number of anilines is 1. The maximum atomic E-state index is 14.0. The molecule has 4 rings (SSSR count). The number of piperidine rings is 1. The molecule has 2 aromatic heterocycles. The Morgan fingerprint density at radius 1 is 1.14 bits per heavy atom. The van der Waals surface area contributed by atoms with Gasteiger partial charge in [-0.05, 0) is 55.3 Å². The predicted octanol–water partition coefficient (Wildman–Crippen LogP) is 2.70. The molecule has 1 aliphatic rings. The first-order valence-electron chi connectivity index (χ1n) is 9.38. The summed E-state index contributed by atoms with van der Waals surface area (Å²) in [5, 5.41) is 3.30. The Bertz CT molecular complexity index is 1060. The molecule has 0 aliphatic carbocycles. The average molecular weight is 382 g/mol. The van der Waals surface area contributed by atoms with Crippen LogP contribution in [0, 0.1) is 5.82 Å². The van der Waals surface area contributed by atoms with Gasteiger partial charge >= 0.3 is 0 Å². The Labute approximate surface area is 162 Å². The SMILES string of the molecule is CNC1CCN(c2cc(=O)n3cc(-c4ccc(OC)c(F)c4)ccc3n2)CC1. The molecule has 1 aromatic carbocycles. The van der Waals surface area contributed by atoms with Crippen LogP contribution >= 0.6 is 0 Å². The van der Waals surface area contributed by atoms with Crippen LogP contribution in [0.5, 0.6) is 5.75 Å². The van der Waals surface area contributed by atoms with Gasteiger partial charge in [0.2, 0.25) is 0 Å². The molecule has 0 radical (unpaired) electrons. The monoisotopic (exact) mass is 382 g/mol. The Kier molecular flexibility index (Phi) is 5.00. The fourth-order valence-corrected chi connectivity index (χ4v) is 3.67. The Morgan fingerprint density at radius 2 is 1.89 bits per heavy atom. The van der Waals surface area contributed by atoms with Gasteiger partial charge in [-0.1, -0.05) is 6.07 Å². The van der Waals surface area contributed by atoms with Gasteiger partial charge in [0, 0.05) is 31.4 Å². The van der Waals surface area contributed by atoms with Crippen molar-refractivity contribution in [2.45, 2.75) is 18.9 Å². The molecular weight excluding hydrogens is 359 g/mol. The van der Waals surface area contributed by atoms with Gasteiger partial charge in [-0.15, -0.1) is 0 Å². The maximum Gasteiger partial charge on any atom is 0.259 e. The normalized spacial score (nSPS) is 15.2. The number of nitrogens with one attached hydrogen (secondary N) is 1. The number of pyridine rings is 1. The number of fused-ring (bicyclic) bond motifs is 1. The molecule has 0 bridgehead atoms. The number of aromatic nitrogens is 2. The Hall–Kier alpha value is -2.93. The van der Waals surface area contributed by atoms with Crippen LogP contribution in [-0.4, -0.2) is 42.7 Å². The topological polar surface area (TPSA) is 58.9 Å². The van der Waals surface area contributed by atoms with Crippen molar-refractivity contribution in [2.24, 2.45) is 0 Å². The van der Waals surface area contributed by atoms with Gasteiger partial charge in [-0.3, -0.25) is 9.20 Å². The van der Waals surface area contributed by atoms with E-state index in [1.807, 2.05) is 13.1 Å². The summed E-state index contributed by atoms with van der Waals surface area (Å²) in [5.74, 6) is 0.462. The van der Waals surface area contributed by atoms with Gasteiger partial charge in [0.25, 0.3) is 5.56 Å². The van der Waals surface area contributed by atoms with Crippen molar-refractivity contribution in [1.82, 2.24) is 14.7 Å². The predicted molar refractivity (Wildman–Crippen MR) is 108 cm³/mol. The maximum absolute atomic E-state index is 14.0. The van der Waals surface area contributed by atoms with Crippen molar-refractivity contribution in [1.29, 1.82) is 0 Å². The van der Waals surface area contributed by atoms with E-state index < -0.39 is 5.82 Å². The molecule has 1 N–H and O–H groups in total. The molecule has 6 nitrogen and oxygen atoms in total. The van der Waals surface area contributed by atoms with Crippen LogP contribution in [0.25, 0.3) is 16.8 Å². The first-order valence-corrected chi connectivity index (χ1v) is 9.38. The van der Waals surface area contributed by atoms with Crippen LogP contribution in [0.15, 0.2) is 47.4 Å². The van der Waals surface area contributed by atoms with E-state index in [1.165, 1.54) is 17.6 Å². The van der Waals surface area contributed by atoms with Gasteiger partial charge in [0.15, 0.2) is 11.6 Å². The van der Waals surface area contributed by atoms with E-state index in [0.717, 1.165) is 31.5 Å². The zero-order valence-electron chi connectivity index (χ0n) is 16.0. The molecule has 146 valence electrons. The third-order valence-electron chi connectivity index (χ3n) is 5.36. The Morgan fingerprint density at radius 3 is 2.57 bits per heavy atom. The molecule has 1 saturated heterocycles.